The summed E-state index contributed by atoms with van der Waals surface area (Å²) in [5, 5.41) is 12.2. The summed E-state index contributed by atoms with van der Waals surface area (Å²) < 4.78 is 1.85. The van der Waals surface area contributed by atoms with E-state index in [2.05, 4.69) is 16.2 Å². The van der Waals surface area contributed by atoms with Crippen molar-refractivity contribution >= 4 is 5.84 Å². The Morgan fingerprint density at radius 2 is 2.27 bits per heavy atom. The third-order valence-electron chi connectivity index (χ3n) is 2.95. The van der Waals surface area contributed by atoms with Gasteiger partial charge in [-0.05, 0) is 19.8 Å². The number of nitrogens with zero attached hydrogens (tertiary/aromatic N) is 3. The lowest BCUT2D eigenvalue weighted by atomic mass is 10.1. The number of aryl methyl sites for hydroxylation is 2. The molecule has 1 aromatic heterocycles. The van der Waals surface area contributed by atoms with Crippen LogP contribution in [0, 0.1) is 12.3 Å². The van der Waals surface area contributed by atoms with Crippen LogP contribution < -0.4 is 0 Å². The highest BCUT2D eigenvalue weighted by Gasteiger charge is 2.16. The third-order valence-corrected chi connectivity index (χ3v) is 2.95. The van der Waals surface area contributed by atoms with Gasteiger partial charge in [-0.2, -0.15) is 5.10 Å². The average molecular weight is 206 g/mol. The Morgan fingerprint density at radius 1 is 1.47 bits per heavy atom. The molecule has 0 radical (unpaired) electrons. The predicted octanol–water partition coefficient (Wildman–Crippen LogP) is 1.69. The molecule has 15 heavy (non-hydrogen) atoms. The fourth-order valence-electron chi connectivity index (χ4n) is 2.07. The summed E-state index contributed by atoms with van der Waals surface area (Å²) in [6.07, 6.45) is 5.36. The molecule has 1 saturated heterocycles. The zero-order valence-electron chi connectivity index (χ0n) is 9.45. The van der Waals surface area contributed by atoms with Crippen molar-refractivity contribution in [1.82, 2.24) is 14.7 Å². The molecule has 2 heterocycles. The van der Waals surface area contributed by atoms with Crippen LogP contribution in [0.25, 0.3) is 0 Å². The molecule has 1 fully saturated rings. The van der Waals surface area contributed by atoms with Crippen LogP contribution in [-0.2, 0) is 13.6 Å². The molecule has 1 N–H and O–H groups in total. The smallest absolute Gasteiger partial charge is 0.0960 e. The van der Waals surface area contributed by atoms with Crippen molar-refractivity contribution in [3.8, 4) is 0 Å². The van der Waals surface area contributed by atoms with E-state index in [-0.39, 0.29) is 0 Å². The van der Waals surface area contributed by atoms with Gasteiger partial charge in [0.25, 0.3) is 0 Å². The van der Waals surface area contributed by atoms with Gasteiger partial charge in [0.2, 0.25) is 0 Å². The van der Waals surface area contributed by atoms with Crippen molar-refractivity contribution in [1.29, 1.82) is 5.41 Å². The van der Waals surface area contributed by atoms with Crippen LogP contribution in [0.2, 0.25) is 0 Å². The Balaban J connectivity index is 2.07. The Bertz CT molecular complexity index is 367. The Labute approximate surface area is 90.4 Å². The molecule has 4 heteroatoms. The summed E-state index contributed by atoms with van der Waals surface area (Å²) in [6, 6.07) is 0. The number of aromatic nitrogens is 2. The zero-order valence-corrected chi connectivity index (χ0v) is 9.45. The molecule has 0 spiro atoms. The van der Waals surface area contributed by atoms with Crippen molar-refractivity contribution in [2.24, 2.45) is 7.05 Å². The first kappa shape index (κ1) is 10.2. The molecule has 0 amide bonds. The number of rotatable bonds is 2. The second-order valence-electron chi connectivity index (χ2n) is 4.24. The van der Waals surface area contributed by atoms with Crippen LogP contribution in [-0.4, -0.2) is 27.1 Å². The number of amidine groups is 1. The van der Waals surface area contributed by atoms with Crippen molar-refractivity contribution in [3.63, 3.8) is 0 Å². The predicted molar refractivity (Wildman–Crippen MR) is 59.9 cm³/mol. The number of hydrogen-bond acceptors (Lipinski definition) is 2. The highest BCUT2D eigenvalue weighted by molar-refractivity contribution is 5.79. The maximum atomic E-state index is 7.87. The van der Waals surface area contributed by atoms with Gasteiger partial charge in [0.15, 0.2) is 0 Å². The Kier molecular flexibility index (Phi) is 2.75. The van der Waals surface area contributed by atoms with Crippen LogP contribution in [0.5, 0.6) is 0 Å². The number of nitrogens with one attached hydrogen (secondary N) is 1. The first-order valence-corrected chi connectivity index (χ1v) is 5.48. The molecule has 1 aliphatic rings. The fourth-order valence-corrected chi connectivity index (χ4v) is 2.07. The lowest BCUT2D eigenvalue weighted by Gasteiger charge is -2.29. The van der Waals surface area contributed by atoms with Crippen molar-refractivity contribution in [2.75, 3.05) is 6.54 Å². The molecule has 1 aliphatic heterocycles. The van der Waals surface area contributed by atoms with Crippen LogP contribution in [0.4, 0.5) is 0 Å². The van der Waals surface area contributed by atoms with Crippen LogP contribution in [0.15, 0.2) is 6.20 Å². The molecule has 1 aromatic rings. The first-order valence-electron chi connectivity index (χ1n) is 5.48. The minimum atomic E-state index is 0.782. The molecule has 0 aliphatic carbocycles. The van der Waals surface area contributed by atoms with E-state index in [0.717, 1.165) is 31.0 Å². The molecule has 4 nitrogen and oxygen atoms in total. The second-order valence-corrected chi connectivity index (χ2v) is 4.24. The second kappa shape index (κ2) is 4.04. The molecule has 0 saturated carbocycles. The lowest BCUT2D eigenvalue weighted by Crippen LogP contribution is -2.34. The van der Waals surface area contributed by atoms with Crippen molar-refractivity contribution < 1.29 is 0 Å². The largest absolute Gasteiger partial charge is 0.356 e. The molecule has 82 valence electrons. The maximum Gasteiger partial charge on any atom is 0.0960 e. The normalized spacial score (nSPS) is 17.2. The molecule has 2 rings (SSSR count). The van der Waals surface area contributed by atoms with Gasteiger partial charge in [-0.1, -0.05) is 0 Å². The van der Waals surface area contributed by atoms with Gasteiger partial charge >= 0.3 is 0 Å². The SMILES string of the molecule is Cc1nn(C)cc1CN1CCCCC1=N. The number of piperidine rings is 1. The Hall–Kier alpha value is -1.32. The Morgan fingerprint density at radius 3 is 2.87 bits per heavy atom. The summed E-state index contributed by atoms with van der Waals surface area (Å²) in [5.74, 6) is 0.782. The highest BCUT2D eigenvalue weighted by Crippen LogP contribution is 2.15. The van der Waals surface area contributed by atoms with E-state index in [1.54, 1.807) is 0 Å². The van der Waals surface area contributed by atoms with Gasteiger partial charge in [0.1, 0.15) is 0 Å². The zero-order chi connectivity index (χ0) is 10.8. The highest BCUT2D eigenvalue weighted by atomic mass is 15.3. The van der Waals surface area contributed by atoms with Gasteiger partial charge in [-0.15, -0.1) is 0 Å². The van der Waals surface area contributed by atoms with Gasteiger partial charge in [0, 0.05) is 38.3 Å². The van der Waals surface area contributed by atoms with Gasteiger partial charge in [-0.3, -0.25) is 10.1 Å². The van der Waals surface area contributed by atoms with E-state index in [0.29, 0.717) is 0 Å². The minimum absolute atomic E-state index is 0.782. The van der Waals surface area contributed by atoms with E-state index < -0.39 is 0 Å². The van der Waals surface area contributed by atoms with Crippen molar-refractivity contribution in [2.45, 2.75) is 32.7 Å². The fraction of sp³-hybridized carbons (Fsp3) is 0.636. The summed E-state index contributed by atoms with van der Waals surface area (Å²) >= 11 is 0. The van der Waals surface area contributed by atoms with Crippen LogP contribution in [0.1, 0.15) is 30.5 Å². The molecular weight excluding hydrogens is 188 g/mol. The standard InChI is InChI=1S/C11H18N4/c1-9-10(7-14(2)13-9)8-15-6-4-3-5-11(15)12/h7,12H,3-6,8H2,1-2H3. The topological polar surface area (TPSA) is 44.9 Å². The van der Waals surface area contributed by atoms with Crippen LogP contribution >= 0.6 is 0 Å². The number of likely N-dealkylation sites (tertiary alicyclic amines) is 1. The minimum Gasteiger partial charge on any atom is -0.356 e. The van der Waals surface area contributed by atoms with E-state index in [1.807, 2.05) is 18.7 Å². The number of hydrogen-bond donors (Lipinski definition) is 1. The van der Waals surface area contributed by atoms with Crippen LogP contribution in [0.3, 0.4) is 0 Å². The monoisotopic (exact) mass is 206 g/mol. The summed E-state index contributed by atoms with van der Waals surface area (Å²) in [4.78, 5) is 2.16. The summed E-state index contributed by atoms with van der Waals surface area (Å²) in [6.45, 7) is 3.90. The quantitative estimate of drug-likeness (QED) is 0.800. The molecule has 0 aromatic carbocycles. The molecule has 0 unspecified atom stereocenters. The summed E-state index contributed by atoms with van der Waals surface area (Å²) in [7, 11) is 1.94. The van der Waals surface area contributed by atoms with E-state index >= 15 is 0 Å². The molecular formula is C11H18N4. The maximum absolute atomic E-state index is 7.87. The summed E-state index contributed by atoms with van der Waals surface area (Å²) in [5.41, 5.74) is 2.32. The van der Waals surface area contributed by atoms with Gasteiger partial charge < -0.3 is 4.90 Å². The lowest BCUT2D eigenvalue weighted by molar-refractivity contribution is 0.360. The average Bonchev–Trinajstić information content (AvgIpc) is 2.49. The van der Waals surface area contributed by atoms with E-state index in [4.69, 9.17) is 5.41 Å². The third kappa shape index (κ3) is 2.19. The van der Waals surface area contributed by atoms with E-state index in [1.165, 1.54) is 18.4 Å². The van der Waals surface area contributed by atoms with Gasteiger partial charge in [-0.25, -0.2) is 0 Å². The first-order chi connectivity index (χ1) is 7.16. The molecule has 0 bridgehead atoms. The molecule has 0 atom stereocenters. The van der Waals surface area contributed by atoms with Gasteiger partial charge in [0.05, 0.1) is 11.5 Å². The van der Waals surface area contributed by atoms with Crippen molar-refractivity contribution in [3.05, 3.63) is 17.5 Å². The van der Waals surface area contributed by atoms with E-state index in [9.17, 15) is 0 Å².